The number of hydrogen-bond acceptors (Lipinski definition) is 1. The van der Waals surface area contributed by atoms with E-state index in [0.29, 0.717) is 0 Å². The number of allylic oxidation sites excluding steroid dienone is 2. The summed E-state index contributed by atoms with van der Waals surface area (Å²) >= 11 is 1.65. The van der Waals surface area contributed by atoms with Gasteiger partial charge < -0.3 is 0 Å². The Morgan fingerprint density at radius 1 is 1.53 bits per heavy atom. The summed E-state index contributed by atoms with van der Waals surface area (Å²) in [5, 5.41) is 0. The summed E-state index contributed by atoms with van der Waals surface area (Å²) in [7, 11) is -1.11. The number of aromatic nitrogens is 1. The van der Waals surface area contributed by atoms with Gasteiger partial charge in [0, 0.05) is 18.3 Å². The highest BCUT2D eigenvalue weighted by atomic mass is 32.2. The standard InChI is InChI=1S/C10H9BFN2S/c1-15-10-8-4-2-6-13(8)11(12)14-7-3-5-9(10)14/h2-7H,1H3/q+1. The Morgan fingerprint density at radius 3 is 3.20 bits per heavy atom. The molecule has 0 aromatic carbocycles. The first-order valence-electron chi connectivity index (χ1n) is 4.72. The molecular weight excluding hydrogens is 210 g/mol. The fraction of sp³-hybridized carbons (Fsp3) is 0.100. The van der Waals surface area contributed by atoms with Crippen LogP contribution >= 0.6 is 11.8 Å². The quantitative estimate of drug-likeness (QED) is 0.655. The van der Waals surface area contributed by atoms with Crippen LogP contribution in [0.1, 0.15) is 5.69 Å². The van der Waals surface area contributed by atoms with Crippen molar-refractivity contribution < 1.29 is 8.80 Å². The van der Waals surface area contributed by atoms with Crippen molar-refractivity contribution in [2.75, 3.05) is 6.26 Å². The summed E-state index contributed by atoms with van der Waals surface area (Å²) in [6, 6.07) is 3.83. The predicted octanol–water partition coefficient (Wildman–Crippen LogP) is 1.99. The Kier molecular flexibility index (Phi) is 1.89. The molecule has 3 heterocycles. The Balaban J connectivity index is 2.30. The van der Waals surface area contributed by atoms with E-state index in [1.807, 2.05) is 30.5 Å². The zero-order chi connectivity index (χ0) is 10.4. The molecule has 0 fully saturated rings. The van der Waals surface area contributed by atoms with Gasteiger partial charge in [0.2, 0.25) is 5.70 Å². The van der Waals surface area contributed by atoms with Crippen LogP contribution < -0.4 is 0 Å². The summed E-state index contributed by atoms with van der Waals surface area (Å²) in [5.41, 5.74) is 1.92. The monoisotopic (exact) mass is 219 g/mol. The van der Waals surface area contributed by atoms with Gasteiger partial charge in [0.1, 0.15) is 6.21 Å². The van der Waals surface area contributed by atoms with E-state index in [1.165, 1.54) is 0 Å². The minimum atomic E-state index is -1.11. The molecule has 5 heteroatoms. The van der Waals surface area contributed by atoms with E-state index in [2.05, 4.69) is 0 Å². The topological polar surface area (TPSA) is 7.94 Å². The molecular formula is C10H9BFN2S+. The van der Waals surface area contributed by atoms with E-state index in [4.69, 9.17) is 0 Å². The Bertz CT molecular complexity index is 515. The van der Waals surface area contributed by atoms with E-state index in [-0.39, 0.29) is 0 Å². The molecule has 0 bridgehead atoms. The van der Waals surface area contributed by atoms with Gasteiger partial charge in [-0.3, -0.25) is 4.48 Å². The third kappa shape index (κ3) is 1.10. The van der Waals surface area contributed by atoms with E-state index in [0.717, 1.165) is 16.3 Å². The van der Waals surface area contributed by atoms with E-state index < -0.39 is 7.26 Å². The number of fused-ring (bicyclic) bond motifs is 2. The Morgan fingerprint density at radius 2 is 2.40 bits per heavy atom. The summed E-state index contributed by atoms with van der Waals surface area (Å²) in [6.07, 6.45) is 9.40. The van der Waals surface area contributed by atoms with E-state index in [9.17, 15) is 4.32 Å². The van der Waals surface area contributed by atoms with Crippen molar-refractivity contribution in [1.29, 1.82) is 0 Å². The second kappa shape index (κ2) is 3.13. The number of nitrogens with zero attached hydrogens (tertiary/aromatic N) is 2. The van der Waals surface area contributed by atoms with E-state index >= 15 is 0 Å². The van der Waals surface area contributed by atoms with Gasteiger partial charge in [0.15, 0.2) is 0 Å². The molecule has 3 rings (SSSR count). The van der Waals surface area contributed by atoms with Crippen molar-refractivity contribution in [3.8, 4) is 0 Å². The first-order chi connectivity index (χ1) is 7.33. The van der Waals surface area contributed by atoms with Gasteiger partial charge in [-0.1, -0.05) is 0 Å². The van der Waals surface area contributed by atoms with Crippen LogP contribution in [-0.2, 0) is 0 Å². The molecule has 1 aromatic rings. The maximum atomic E-state index is 14.0. The summed E-state index contributed by atoms with van der Waals surface area (Å²) in [6.45, 7) is 0. The Hall–Kier alpha value is -1.23. The van der Waals surface area contributed by atoms with Gasteiger partial charge in [-0.25, -0.2) is 8.80 Å². The largest absolute Gasteiger partial charge is 0.845 e. The van der Waals surface area contributed by atoms with Crippen LogP contribution in [-0.4, -0.2) is 28.7 Å². The normalized spacial score (nSPS) is 18.0. The average Bonchev–Trinajstić information content (AvgIpc) is 2.85. The Labute approximate surface area is 92.0 Å². The molecule has 2 aliphatic heterocycles. The zero-order valence-electron chi connectivity index (χ0n) is 8.22. The highest BCUT2D eigenvalue weighted by molar-refractivity contribution is 8.07. The van der Waals surface area contributed by atoms with Gasteiger partial charge >= 0.3 is 7.26 Å². The van der Waals surface area contributed by atoms with Gasteiger partial charge in [-0.15, -0.1) is 11.8 Å². The van der Waals surface area contributed by atoms with Crippen LogP contribution in [0.3, 0.4) is 0 Å². The molecule has 0 aliphatic carbocycles. The van der Waals surface area contributed by atoms with Gasteiger partial charge in [-0.2, -0.15) is 0 Å². The van der Waals surface area contributed by atoms with Crippen LogP contribution in [0.2, 0.25) is 0 Å². The zero-order valence-corrected chi connectivity index (χ0v) is 9.04. The van der Waals surface area contributed by atoms with Crippen molar-refractivity contribution >= 4 is 30.1 Å². The van der Waals surface area contributed by atoms with Crippen molar-refractivity contribution in [3.63, 3.8) is 0 Å². The lowest BCUT2D eigenvalue weighted by molar-refractivity contribution is -0.328. The minimum Gasteiger partial charge on any atom is -0.292 e. The SMILES string of the molecule is CSC1=C2C=CC=[N+]2B(F)n2cccc21. The third-order valence-corrected chi connectivity index (χ3v) is 3.51. The lowest BCUT2D eigenvalue weighted by atomic mass is 9.99. The maximum absolute atomic E-state index is 14.0. The fourth-order valence-corrected chi connectivity index (χ4v) is 2.78. The van der Waals surface area contributed by atoms with E-state index in [1.54, 1.807) is 33.1 Å². The number of halogens is 1. The first kappa shape index (κ1) is 9.03. The maximum Gasteiger partial charge on any atom is 0.845 e. The van der Waals surface area contributed by atoms with Gasteiger partial charge in [0.25, 0.3) is 0 Å². The van der Waals surface area contributed by atoms with Crippen molar-refractivity contribution in [3.05, 3.63) is 41.9 Å². The summed E-state index contributed by atoms with van der Waals surface area (Å²) in [4.78, 5) is 1.12. The molecule has 0 amide bonds. The molecule has 0 saturated carbocycles. The molecule has 15 heavy (non-hydrogen) atoms. The van der Waals surface area contributed by atoms with Crippen molar-refractivity contribution in [2.24, 2.45) is 0 Å². The molecule has 0 unspecified atom stereocenters. The lowest BCUT2D eigenvalue weighted by Gasteiger charge is -2.16. The predicted molar refractivity (Wildman–Crippen MR) is 62.6 cm³/mol. The number of hydrogen-bond donors (Lipinski definition) is 0. The van der Waals surface area contributed by atoms with Crippen LogP contribution in [0.5, 0.6) is 0 Å². The van der Waals surface area contributed by atoms with Crippen LogP contribution in [0.4, 0.5) is 4.32 Å². The lowest BCUT2D eigenvalue weighted by Crippen LogP contribution is -2.37. The molecule has 2 nitrogen and oxygen atoms in total. The second-order valence-corrected chi connectivity index (χ2v) is 4.26. The van der Waals surface area contributed by atoms with Crippen molar-refractivity contribution in [1.82, 2.24) is 4.48 Å². The van der Waals surface area contributed by atoms with Crippen LogP contribution in [0.25, 0.3) is 4.91 Å². The van der Waals surface area contributed by atoms with Gasteiger partial charge in [-0.05, 0) is 18.4 Å². The van der Waals surface area contributed by atoms with Crippen molar-refractivity contribution in [2.45, 2.75) is 0 Å². The van der Waals surface area contributed by atoms with Gasteiger partial charge in [0.05, 0.1) is 10.6 Å². The first-order valence-corrected chi connectivity index (χ1v) is 5.95. The number of thioether (sulfide) groups is 1. The molecule has 0 N–H and O–H groups in total. The van der Waals surface area contributed by atoms with Crippen LogP contribution in [0, 0.1) is 0 Å². The molecule has 0 atom stereocenters. The highest BCUT2D eigenvalue weighted by Crippen LogP contribution is 2.35. The second-order valence-electron chi connectivity index (χ2n) is 3.45. The fourth-order valence-electron chi connectivity index (χ4n) is 2.02. The third-order valence-electron chi connectivity index (χ3n) is 2.69. The summed E-state index contributed by atoms with van der Waals surface area (Å²) < 4.78 is 17.4. The average molecular weight is 219 g/mol. The number of rotatable bonds is 1. The minimum absolute atomic E-state index is 0.959. The summed E-state index contributed by atoms with van der Waals surface area (Å²) in [5.74, 6) is 0. The molecule has 0 saturated heterocycles. The molecule has 1 aromatic heterocycles. The van der Waals surface area contributed by atoms with Crippen LogP contribution in [0.15, 0.2) is 36.2 Å². The molecule has 0 spiro atoms. The molecule has 0 radical (unpaired) electrons. The molecule has 2 aliphatic rings. The molecule has 74 valence electrons. The smallest absolute Gasteiger partial charge is 0.292 e. The highest BCUT2D eigenvalue weighted by Gasteiger charge is 2.46.